The van der Waals surface area contributed by atoms with Gasteiger partial charge in [-0.3, -0.25) is 9.48 Å². The molecule has 1 amide bonds. The van der Waals surface area contributed by atoms with Crippen LogP contribution in [0.4, 0.5) is 0 Å². The minimum absolute atomic E-state index is 0.247. The van der Waals surface area contributed by atoms with Gasteiger partial charge in [-0.1, -0.05) is 0 Å². The molecular formula is C9H13N3O4. The van der Waals surface area contributed by atoms with Crippen molar-refractivity contribution in [3.05, 3.63) is 17.5 Å². The van der Waals surface area contributed by atoms with E-state index in [-0.39, 0.29) is 5.69 Å². The van der Waals surface area contributed by atoms with E-state index in [1.165, 1.54) is 10.7 Å². The average molecular weight is 227 g/mol. The molecular weight excluding hydrogens is 214 g/mol. The summed E-state index contributed by atoms with van der Waals surface area (Å²) in [6.07, 6.45) is 0. The van der Waals surface area contributed by atoms with E-state index in [1.807, 2.05) is 0 Å². The smallest absolute Gasteiger partial charge is 0.328 e. The number of aliphatic hydroxyl groups is 1. The van der Waals surface area contributed by atoms with Crippen molar-refractivity contribution in [3.63, 3.8) is 0 Å². The molecule has 3 N–H and O–H groups in total. The molecule has 0 saturated heterocycles. The molecule has 1 heterocycles. The van der Waals surface area contributed by atoms with Crippen molar-refractivity contribution in [2.45, 2.75) is 13.0 Å². The third kappa shape index (κ3) is 2.57. The Morgan fingerprint density at radius 2 is 2.25 bits per heavy atom. The van der Waals surface area contributed by atoms with Gasteiger partial charge < -0.3 is 15.5 Å². The van der Waals surface area contributed by atoms with E-state index in [0.717, 1.165) is 0 Å². The first-order valence-corrected chi connectivity index (χ1v) is 4.61. The van der Waals surface area contributed by atoms with E-state index in [9.17, 15) is 9.59 Å². The normalized spacial score (nSPS) is 12.2. The number of hydrogen-bond donors (Lipinski definition) is 3. The third-order valence-electron chi connectivity index (χ3n) is 2.02. The summed E-state index contributed by atoms with van der Waals surface area (Å²) in [4.78, 5) is 22.2. The Bertz CT molecular complexity index is 413. The highest BCUT2D eigenvalue weighted by Crippen LogP contribution is 2.01. The number of carbonyl (C=O) groups excluding carboxylic acids is 1. The molecule has 0 aliphatic rings. The molecule has 0 radical (unpaired) electrons. The number of amides is 1. The molecule has 0 fully saturated rings. The number of hydrogen-bond acceptors (Lipinski definition) is 4. The van der Waals surface area contributed by atoms with Crippen molar-refractivity contribution in [2.75, 3.05) is 6.61 Å². The Morgan fingerprint density at radius 3 is 2.62 bits per heavy atom. The Labute approximate surface area is 91.7 Å². The number of carboxylic acids is 1. The fourth-order valence-corrected chi connectivity index (χ4v) is 1.24. The highest BCUT2D eigenvalue weighted by molar-refractivity contribution is 5.95. The van der Waals surface area contributed by atoms with Gasteiger partial charge in [0.1, 0.15) is 5.69 Å². The standard InChI is InChI=1S/C9H13N3O4/c1-5-3-7(12(2)11-5)8(14)10-6(4-13)9(15)16/h3,6,13H,4H2,1-2H3,(H,10,14)(H,15,16)/t6-/m1/s1. The maximum Gasteiger partial charge on any atom is 0.328 e. The van der Waals surface area contributed by atoms with Crippen LogP contribution in [-0.2, 0) is 11.8 Å². The fourth-order valence-electron chi connectivity index (χ4n) is 1.24. The number of carboxylic acid groups (broad SMARTS) is 1. The maximum absolute atomic E-state index is 11.6. The van der Waals surface area contributed by atoms with Crippen molar-refractivity contribution < 1.29 is 19.8 Å². The van der Waals surface area contributed by atoms with E-state index in [1.54, 1.807) is 14.0 Å². The van der Waals surface area contributed by atoms with Crippen LogP contribution in [0, 0.1) is 6.92 Å². The number of aromatic nitrogens is 2. The lowest BCUT2D eigenvalue weighted by Crippen LogP contribution is -2.43. The van der Waals surface area contributed by atoms with Crippen LogP contribution in [0.25, 0.3) is 0 Å². The van der Waals surface area contributed by atoms with E-state index in [4.69, 9.17) is 10.2 Å². The topological polar surface area (TPSA) is 104 Å². The van der Waals surface area contributed by atoms with Gasteiger partial charge >= 0.3 is 5.97 Å². The van der Waals surface area contributed by atoms with Crippen LogP contribution in [0.15, 0.2) is 6.07 Å². The first-order valence-electron chi connectivity index (χ1n) is 4.61. The molecule has 0 aromatic carbocycles. The molecule has 1 rings (SSSR count). The van der Waals surface area contributed by atoms with Gasteiger partial charge in [0.2, 0.25) is 0 Å². The van der Waals surface area contributed by atoms with Gasteiger partial charge in [0, 0.05) is 7.05 Å². The first kappa shape index (κ1) is 12.2. The summed E-state index contributed by atoms with van der Waals surface area (Å²) in [6.45, 7) is 1.06. The number of nitrogens with zero attached hydrogens (tertiary/aromatic N) is 2. The lowest BCUT2D eigenvalue weighted by Gasteiger charge is -2.11. The highest BCUT2D eigenvalue weighted by atomic mass is 16.4. The Balaban J connectivity index is 2.79. The lowest BCUT2D eigenvalue weighted by atomic mass is 10.3. The van der Waals surface area contributed by atoms with Crippen LogP contribution in [-0.4, -0.2) is 44.5 Å². The largest absolute Gasteiger partial charge is 0.480 e. The third-order valence-corrected chi connectivity index (χ3v) is 2.02. The quantitative estimate of drug-likeness (QED) is 0.606. The predicted octanol–water partition coefficient (Wildman–Crippen LogP) is -1.10. The second-order valence-corrected chi connectivity index (χ2v) is 3.34. The molecule has 1 atom stereocenters. The SMILES string of the molecule is Cc1cc(C(=O)N[C@H](CO)C(=O)O)n(C)n1. The Kier molecular flexibility index (Phi) is 3.62. The summed E-state index contributed by atoms with van der Waals surface area (Å²) >= 11 is 0. The number of aliphatic hydroxyl groups excluding tert-OH is 1. The van der Waals surface area contributed by atoms with Crippen molar-refractivity contribution in [3.8, 4) is 0 Å². The van der Waals surface area contributed by atoms with Gasteiger partial charge in [-0.15, -0.1) is 0 Å². The summed E-state index contributed by atoms with van der Waals surface area (Å²) in [5.41, 5.74) is 0.903. The molecule has 88 valence electrons. The molecule has 0 saturated carbocycles. The summed E-state index contributed by atoms with van der Waals surface area (Å²) in [7, 11) is 1.58. The summed E-state index contributed by atoms with van der Waals surface area (Å²) in [5, 5.41) is 23.5. The molecule has 0 spiro atoms. The van der Waals surface area contributed by atoms with Crippen molar-refractivity contribution in [2.24, 2.45) is 7.05 Å². The Morgan fingerprint density at radius 1 is 1.62 bits per heavy atom. The van der Waals surface area contributed by atoms with Crippen LogP contribution in [0.2, 0.25) is 0 Å². The lowest BCUT2D eigenvalue weighted by molar-refractivity contribution is -0.140. The number of nitrogens with one attached hydrogen (secondary N) is 1. The highest BCUT2D eigenvalue weighted by Gasteiger charge is 2.21. The molecule has 7 heteroatoms. The number of aliphatic carboxylic acids is 1. The Hall–Kier alpha value is -1.89. The number of carbonyl (C=O) groups is 2. The van der Waals surface area contributed by atoms with E-state index in [2.05, 4.69) is 10.4 Å². The molecule has 0 bridgehead atoms. The molecule has 1 aromatic heterocycles. The second-order valence-electron chi connectivity index (χ2n) is 3.34. The average Bonchev–Trinajstić information content (AvgIpc) is 2.53. The molecule has 0 unspecified atom stereocenters. The van der Waals surface area contributed by atoms with Gasteiger partial charge in [0.25, 0.3) is 5.91 Å². The van der Waals surface area contributed by atoms with Crippen molar-refractivity contribution in [1.82, 2.24) is 15.1 Å². The van der Waals surface area contributed by atoms with Crippen LogP contribution in [0.5, 0.6) is 0 Å². The molecule has 1 aromatic rings. The molecule has 7 nitrogen and oxygen atoms in total. The first-order chi connectivity index (χ1) is 7.45. The molecule has 0 aliphatic carbocycles. The van der Waals surface area contributed by atoms with Crippen LogP contribution in [0.1, 0.15) is 16.2 Å². The van der Waals surface area contributed by atoms with E-state index < -0.39 is 24.5 Å². The predicted molar refractivity (Wildman–Crippen MR) is 53.9 cm³/mol. The summed E-state index contributed by atoms with van der Waals surface area (Å²) in [5.74, 6) is -1.86. The van der Waals surface area contributed by atoms with Crippen LogP contribution < -0.4 is 5.32 Å². The monoisotopic (exact) mass is 227 g/mol. The minimum Gasteiger partial charge on any atom is -0.480 e. The minimum atomic E-state index is -1.30. The second kappa shape index (κ2) is 4.75. The fraction of sp³-hybridized carbons (Fsp3) is 0.444. The van der Waals surface area contributed by atoms with E-state index in [0.29, 0.717) is 5.69 Å². The van der Waals surface area contributed by atoms with Crippen molar-refractivity contribution in [1.29, 1.82) is 0 Å². The molecule has 16 heavy (non-hydrogen) atoms. The summed E-state index contributed by atoms with van der Waals surface area (Å²) < 4.78 is 1.35. The van der Waals surface area contributed by atoms with Gasteiger partial charge in [-0.2, -0.15) is 5.10 Å². The maximum atomic E-state index is 11.6. The van der Waals surface area contributed by atoms with E-state index >= 15 is 0 Å². The van der Waals surface area contributed by atoms with Gasteiger partial charge in [0.15, 0.2) is 6.04 Å². The molecule has 0 aliphatic heterocycles. The van der Waals surface area contributed by atoms with Crippen molar-refractivity contribution >= 4 is 11.9 Å². The van der Waals surface area contributed by atoms with Gasteiger partial charge in [-0.25, -0.2) is 4.79 Å². The zero-order chi connectivity index (χ0) is 12.3. The zero-order valence-electron chi connectivity index (χ0n) is 8.97. The number of aryl methyl sites for hydroxylation is 2. The number of rotatable bonds is 4. The zero-order valence-corrected chi connectivity index (χ0v) is 8.97. The van der Waals surface area contributed by atoms with Crippen LogP contribution in [0.3, 0.4) is 0 Å². The van der Waals surface area contributed by atoms with Crippen LogP contribution >= 0.6 is 0 Å². The summed E-state index contributed by atoms with van der Waals surface area (Å²) in [6, 6.07) is 0.230. The van der Waals surface area contributed by atoms with Gasteiger partial charge in [0.05, 0.1) is 12.3 Å². The van der Waals surface area contributed by atoms with Gasteiger partial charge in [-0.05, 0) is 13.0 Å².